The Morgan fingerprint density at radius 3 is 2.92 bits per heavy atom. The summed E-state index contributed by atoms with van der Waals surface area (Å²) in [5.74, 6) is 0.967. The molecule has 2 aromatic heterocycles. The molecule has 0 spiro atoms. The van der Waals surface area contributed by atoms with Gasteiger partial charge in [-0.1, -0.05) is 23.4 Å². The van der Waals surface area contributed by atoms with Gasteiger partial charge in [-0.2, -0.15) is 0 Å². The first-order chi connectivity index (χ1) is 12.7. The van der Waals surface area contributed by atoms with Crippen molar-refractivity contribution in [2.45, 2.75) is 17.1 Å². The van der Waals surface area contributed by atoms with Gasteiger partial charge in [0.1, 0.15) is 11.3 Å². The highest BCUT2D eigenvalue weighted by Gasteiger charge is 2.36. The van der Waals surface area contributed by atoms with Crippen LogP contribution >= 0.6 is 23.4 Å². The number of aromatic nitrogens is 3. The summed E-state index contributed by atoms with van der Waals surface area (Å²) >= 11 is 7.85. The minimum Gasteiger partial charge on any atom is -0.365 e. The third-order valence-corrected chi connectivity index (χ3v) is 5.54. The van der Waals surface area contributed by atoms with Crippen molar-refractivity contribution < 1.29 is 0 Å². The van der Waals surface area contributed by atoms with Crippen molar-refractivity contribution >= 4 is 39.7 Å². The highest BCUT2D eigenvalue weighted by molar-refractivity contribution is 8.13. The van der Waals surface area contributed by atoms with Crippen LogP contribution in [0.4, 0.5) is 0 Å². The number of hydrogen-bond acceptors (Lipinski definition) is 9. The quantitative estimate of drug-likeness (QED) is 0.700. The number of rotatable bonds is 2. The van der Waals surface area contributed by atoms with E-state index in [4.69, 9.17) is 22.3 Å². The van der Waals surface area contributed by atoms with E-state index < -0.39 is 0 Å². The molecule has 1 fully saturated rings. The van der Waals surface area contributed by atoms with E-state index in [0.717, 1.165) is 40.1 Å². The molecule has 3 aliphatic rings. The molecular formula is C16H15ClN8S. The number of fused-ring (bicyclic) bond motifs is 2. The Morgan fingerprint density at radius 1 is 1.23 bits per heavy atom. The molecule has 5 heterocycles. The molecule has 4 N–H and O–H groups in total. The van der Waals surface area contributed by atoms with Gasteiger partial charge in [0.25, 0.3) is 0 Å². The Hall–Kier alpha value is -2.36. The van der Waals surface area contributed by atoms with Crippen molar-refractivity contribution in [3.63, 3.8) is 0 Å². The first kappa shape index (κ1) is 15.9. The van der Waals surface area contributed by atoms with Gasteiger partial charge in [-0.3, -0.25) is 4.98 Å². The van der Waals surface area contributed by atoms with E-state index >= 15 is 0 Å². The van der Waals surface area contributed by atoms with Crippen LogP contribution in [0.5, 0.6) is 0 Å². The van der Waals surface area contributed by atoms with Gasteiger partial charge in [-0.25, -0.2) is 15.0 Å². The molecule has 1 saturated heterocycles. The maximum absolute atomic E-state index is 6.36. The predicted octanol–water partition coefficient (Wildman–Crippen LogP) is 0.940. The zero-order valence-electron chi connectivity index (χ0n) is 13.6. The summed E-state index contributed by atoms with van der Waals surface area (Å²) in [5.41, 5.74) is 8.29. The average molecular weight is 387 g/mol. The second-order valence-corrected chi connectivity index (χ2v) is 7.69. The molecule has 2 aromatic rings. The Bertz CT molecular complexity index is 981. The van der Waals surface area contributed by atoms with E-state index in [9.17, 15) is 0 Å². The van der Waals surface area contributed by atoms with Gasteiger partial charge in [0.15, 0.2) is 17.0 Å². The lowest BCUT2D eigenvalue weighted by Crippen LogP contribution is -2.58. The smallest absolute Gasteiger partial charge is 0.178 e. The molecular weight excluding hydrogens is 372 g/mol. The van der Waals surface area contributed by atoms with Crippen molar-refractivity contribution in [1.82, 2.24) is 30.5 Å². The number of thioether (sulfide) groups is 1. The van der Waals surface area contributed by atoms with E-state index in [1.54, 1.807) is 24.8 Å². The SMILES string of the molecule is NC1CN(C2=C3C(Cl)=CNC3N=C(Sc3cnc4nccnc4c3)N2)C1. The lowest BCUT2D eigenvalue weighted by Gasteiger charge is -2.42. The molecule has 0 saturated carbocycles. The first-order valence-corrected chi connectivity index (χ1v) is 9.33. The van der Waals surface area contributed by atoms with Crippen LogP contribution in [0.3, 0.4) is 0 Å². The van der Waals surface area contributed by atoms with E-state index in [-0.39, 0.29) is 12.2 Å². The average Bonchev–Trinajstić information content (AvgIpc) is 2.99. The lowest BCUT2D eigenvalue weighted by atomic mass is 10.1. The van der Waals surface area contributed by atoms with E-state index in [1.165, 1.54) is 11.8 Å². The Balaban J connectivity index is 1.42. The summed E-state index contributed by atoms with van der Waals surface area (Å²) < 4.78 is 0. The third-order valence-electron chi connectivity index (χ3n) is 4.37. The molecule has 0 aliphatic carbocycles. The molecule has 0 bridgehead atoms. The van der Waals surface area contributed by atoms with Crippen LogP contribution < -0.4 is 16.4 Å². The number of aliphatic imine (C=N–C) groups is 1. The van der Waals surface area contributed by atoms with E-state index in [0.29, 0.717) is 10.7 Å². The minimum atomic E-state index is -0.189. The monoisotopic (exact) mass is 386 g/mol. The van der Waals surface area contributed by atoms with Gasteiger partial charge in [0.2, 0.25) is 0 Å². The van der Waals surface area contributed by atoms with Crippen molar-refractivity contribution in [2.24, 2.45) is 10.7 Å². The van der Waals surface area contributed by atoms with Crippen LogP contribution in [0.2, 0.25) is 0 Å². The Morgan fingerprint density at radius 2 is 2.08 bits per heavy atom. The maximum atomic E-state index is 6.36. The highest BCUT2D eigenvalue weighted by atomic mass is 35.5. The summed E-state index contributed by atoms with van der Waals surface area (Å²) in [6.45, 7) is 1.60. The van der Waals surface area contributed by atoms with Crippen molar-refractivity contribution in [2.75, 3.05) is 13.1 Å². The van der Waals surface area contributed by atoms with E-state index in [1.807, 2.05) is 6.07 Å². The van der Waals surface area contributed by atoms with Crippen LogP contribution in [-0.2, 0) is 0 Å². The molecule has 5 rings (SSSR count). The van der Waals surface area contributed by atoms with Crippen LogP contribution in [0, 0.1) is 0 Å². The fraction of sp³-hybridized carbons (Fsp3) is 0.250. The summed E-state index contributed by atoms with van der Waals surface area (Å²) in [4.78, 5) is 20.7. The third kappa shape index (κ3) is 2.68. The number of halogens is 1. The van der Waals surface area contributed by atoms with Gasteiger partial charge in [-0.05, 0) is 6.07 Å². The largest absolute Gasteiger partial charge is 0.365 e. The predicted molar refractivity (Wildman–Crippen MR) is 101 cm³/mol. The molecule has 132 valence electrons. The van der Waals surface area contributed by atoms with Crippen LogP contribution in [0.15, 0.2) is 57.2 Å². The van der Waals surface area contributed by atoms with Crippen LogP contribution in [0.25, 0.3) is 11.2 Å². The topological polar surface area (TPSA) is 104 Å². The first-order valence-electron chi connectivity index (χ1n) is 8.13. The normalized spacial score (nSPS) is 22.4. The van der Waals surface area contributed by atoms with Gasteiger partial charge in [0.05, 0.1) is 10.6 Å². The van der Waals surface area contributed by atoms with Crippen molar-refractivity contribution in [3.8, 4) is 0 Å². The molecule has 1 unspecified atom stereocenters. The van der Waals surface area contributed by atoms with E-state index in [2.05, 4.69) is 30.5 Å². The number of amidine groups is 1. The van der Waals surface area contributed by atoms with Crippen LogP contribution in [0.1, 0.15) is 0 Å². The molecule has 0 aromatic carbocycles. The summed E-state index contributed by atoms with van der Waals surface area (Å²) in [6, 6.07) is 2.15. The summed E-state index contributed by atoms with van der Waals surface area (Å²) in [6.07, 6.45) is 6.66. The molecule has 26 heavy (non-hydrogen) atoms. The Kier molecular flexibility index (Phi) is 3.73. The number of nitrogens with two attached hydrogens (primary N) is 1. The molecule has 10 heteroatoms. The standard InChI is InChI=1S/C16H15ClN8S/c17-10-5-22-14-12(10)15(25-6-8(18)7-25)24-16(23-14)26-9-3-11-13(21-4-9)20-2-1-19-11/h1-5,8,14,22H,6-7,18H2,(H,23,24). The number of nitrogens with one attached hydrogen (secondary N) is 2. The maximum Gasteiger partial charge on any atom is 0.178 e. The number of nitrogens with zero attached hydrogens (tertiary/aromatic N) is 5. The fourth-order valence-corrected chi connectivity index (χ4v) is 4.17. The lowest BCUT2D eigenvalue weighted by molar-refractivity contribution is 0.190. The summed E-state index contributed by atoms with van der Waals surface area (Å²) in [7, 11) is 0. The van der Waals surface area contributed by atoms with Crippen LogP contribution in [-0.4, -0.2) is 50.3 Å². The van der Waals surface area contributed by atoms with Gasteiger partial charge in [0, 0.05) is 48.8 Å². The van der Waals surface area contributed by atoms with Crippen molar-refractivity contribution in [3.05, 3.63) is 47.3 Å². The van der Waals surface area contributed by atoms with Gasteiger partial charge >= 0.3 is 0 Å². The van der Waals surface area contributed by atoms with Crippen molar-refractivity contribution in [1.29, 1.82) is 0 Å². The zero-order valence-corrected chi connectivity index (χ0v) is 15.1. The van der Waals surface area contributed by atoms with Gasteiger partial charge < -0.3 is 21.3 Å². The summed E-state index contributed by atoms with van der Waals surface area (Å²) in [5, 5.41) is 8.06. The molecule has 1 atom stereocenters. The molecule has 3 aliphatic heterocycles. The fourth-order valence-electron chi connectivity index (χ4n) is 3.11. The minimum absolute atomic E-state index is 0.189. The second-order valence-electron chi connectivity index (χ2n) is 6.22. The Labute approximate surface area is 158 Å². The number of likely N-dealkylation sites (tertiary alicyclic amines) is 1. The van der Waals surface area contributed by atoms with Gasteiger partial charge in [-0.15, -0.1) is 0 Å². The molecule has 8 nitrogen and oxygen atoms in total. The zero-order chi connectivity index (χ0) is 17.7. The molecule has 0 radical (unpaired) electrons. The highest BCUT2D eigenvalue weighted by Crippen LogP contribution is 2.34. The molecule has 0 amide bonds. The number of hydrogen-bond donors (Lipinski definition) is 3. The second kappa shape index (κ2) is 6.11. The number of pyridine rings is 1.